The van der Waals surface area contributed by atoms with Gasteiger partial charge in [-0.2, -0.15) is 0 Å². The standard InChI is InChI=1S/C14H18Cl2N2O2/c1-9-8-17-3-4-18(9)14(19)10(2)20-13-6-11(15)5-12(16)7-13/h5-7,9-10,17H,3-4,8H2,1-2H3/t9-,10?/m0/s1. The maximum Gasteiger partial charge on any atom is 0.263 e. The quantitative estimate of drug-likeness (QED) is 0.932. The maximum atomic E-state index is 12.4. The third kappa shape index (κ3) is 3.78. The SMILES string of the molecule is CC(Oc1cc(Cl)cc(Cl)c1)C(=O)N1CCNC[C@@H]1C. The molecule has 0 radical (unpaired) electrons. The van der Waals surface area contributed by atoms with Crippen molar-refractivity contribution in [2.24, 2.45) is 0 Å². The fraction of sp³-hybridized carbons (Fsp3) is 0.500. The molecule has 1 amide bonds. The molecule has 0 aliphatic carbocycles. The summed E-state index contributed by atoms with van der Waals surface area (Å²) >= 11 is 11.8. The number of piperazine rings is 1. The highest BCUT2D eigenvalue weighted by Crippen LogP contribution is 2.25. The van der Waals surface area contributed by atoms with Crippen molar-refractivity contribution in [3.05, 3.63) is 28.2 Å². The topological polar surface area (TPSA) is 41.6 Å². The van der Waals surface area contributed by atoms with Crippen molar-refractivity contribution in [3.8, 4) is 5.75 Å². The van der Waals surface area contributed by atoms with E-state index in [0.29, 0.717) is 22.3 Å². The number of halogens is 2. The number of nitrogens with one attached hydrogen (secondary N) is 1. The van der Waals surface area contributed by atoms with Crippen molar-refractivity contribution in [3.63, 3.8) is 0 Å². The minimum absolute atomic E-state index is 0.0184. The van der Waals surface area contributed by atoms with Crippen LogP contribution in [0.25, 0.3) is 0 Å². The van der Waals surface area contributed by atoms with Gasteiger partial charge in [0.25, 0.3) is 5.91 Å². The second kappa shape index (κ2) is 6.66. The van der Waals surface area contributed by atoms with Gasteiger partial charge >= 0.3 is 0 Å². The van der Waals surface area contributed by atoms with E-state index in [0.717, 1.165) is 13.1 Å². The van der Waals surface area contributed by atoms with Crippen molar-refractivity contribution >= 4 is 29.1 Å². The summed E-state index contributed by atoms with van der Waals surface area (Å²) in [6.45, 7) is 6.08. The van der Waals surface area contributed by atoms with E-state index in [1.165, 1.54) is 0 Å². The first-order valence-corrected chi connectivity index (χ1v) is 7.37. The molecule has 6 heteroatoms. The first-order chi connectivity index (χ1) is 9.47. The molecule has 2 rings (SSSR count). The van der Waals surface area contributed by atoms with Crippen LogP contribution in [-0.4, -0.2) is 42.6 Å². The van der Waals surface area contributed by atoms with Crippen LogP contribution in [0.15, 0.2) is 18.2 Å². The molecule has 0 spiro atoms. The van der Waals surface area contributed by atoms with E-state index in [-0.39, 0.29) is 11.9 Å². The normalized spacial score (nSPS) is 20.6. The summed E-state index contributed by atoms with van der Waals surface area (Å²) in [5.41, 5.74) is 0. The summed E-state index contributed by atoms with van der Waals surface area (Å²) < 4.78 is 5.66. The Morgan fingerprint density at radius 2 is 2.05 bits per heavy atom. The Balaban J connectivity index is 2.03. The molecule has 1 unspecified atom stereocenters. The molecule has 1 aromatic rings. The Labute approximate surface area is 129 Å². The lowest BCUT2D eigenvalue weighted by molar-refractivity contribution is -0.140. The van der Waals surface area contributed by atoms with Gasteiger partial charge in [0.1, 0.15) is 5.75 Å². The molecule has 1 saturated heterocycles. The number of ether oxygens (including phenoxy) is 1. The van der Waals surface area contributed by atoms with Gasteiger partial charge in [0.2, 0.25) is 0 Å². The van der Waals surface area contributed by atoms with E-state index in [2.05, 4.69) is 5.32 Å². The average Bonchev–Trinajstić information content (AvgIpc) is 2.37. The fourth-order valence-electron chi connectivity index (χ4n) is 2.25. The van der Waals surface area contributed by atoms with Crippen LogP contribution in [0.5, 0.6) is 5.75 Å². The molecule has 0 saturated carbocycles. The van der Waals surface area contributed by atoms with Crippen LogP contribution in [-0.2, 0) is 4.79 Å². The molecular weight excluding hydrogens is 299 g/mol. The number of hydrogen-bond acceptors (Lipinski definition) is 3. The van der Waals surface area contributed by atoms with Gasteiger partial charge < -0.3 is 15.0 Å². The van der Waals surface area contributed by atoms with Gasteiger partial charge in [0.05, 0.1) is 0 Å². The molecule has 2 atom stereocenters. The Morgan fingerprint density at radius 3 is 2.65 bits per heavy atom. The van der Waals surface area contributed by atoms with E-state index >= 15 is 0 Å². The van der Waals surface area contributed by atoms with Crippen LogP contribution in [0.3, 0.4) is 0 Å². The first kappa shape index (κ1) is 15.4. The Kier molecular flexibility index (Phi) is 5.13. The highest BCUT2D eigenvalue weighted by Gasteiger charge is 2.27. The number of hydrogen-bond donors (Lipinski definition) is 1. The Bertz CT molecular complexity index is 476. The first-order valence-electron chi connectivity index (χ1n) is 6.61. The number of benzene rings is 1. The van der Waals surface area contributed by atoms with Crippen molar-refractivity contribution in [2.75, 3.05) is 19.6 Å². The van der Waals surface area contributed by atoms with Crippen LogP contribution in [0, 0.1) is 0 Å². The highest BCUT2D eigenvalue weighted by molar-refractivity contribution is 6.34. The largest absolute Gasteiger partial charge is 0.481 e. The zero-order chi connectivity index (χ0) is 14.7. The molecule has 110 valence electrons. The van der Waals surface area contributed by atoms with E-state index in [9.17, 15) is 4.79 Å². The summed E-state index contributed by atoms with van der Waals surface area (Å²) in [5, 5.41) is 4.23. The van der Waals surface area contributed by atoms with Crippen molar-refractivity contribution in [1.29, 1.82) is 0 Å². The Hall–Kier alpha value is -0.970. The van der Waals surface area contributed by atoms with E-state index < -0.39 is 6.10 Å². The lowest BCUT2D eigenvalue weighted by atomic mass is 10.2. The van der Waals surface area contributed by atoms with Crippen molar-refractivity contribution in [2.45, 2.75) is 26.0 Å². The number of nitrogens with zero attached hydrogens (tertiary/aromatic N) is 1. The third-order valence-electron chi connectivity index (χ3n) is 3.28. The molecule has 1 aliphatic rings. The van der Waals surface area contributed by atoms with Crippen LogP contribution in [0.4, 0.5) is 0 Å². The molecule has 1 aromatic carbocycles. The second-order valence-electron chi connectivity index (χ2n) is 4.95. The van der Waals surface area contributed by atoms with Crippen LogP contribution >= 0.6 is 23.2 Å². The molecule has 1 N–H and O–H groups in total. The van der Waals surface area contributed by atoms with Gasteiger partial charge in [0, 0.05) is 35.7 Å². The van der Waals surface area contributed by atoms with Gasteiger partial charge in [-0.15, -0.1) is 0 Å². The molecule has 0 bridgehead atoms. The van der Waals surface area contributed by atoms with Crippen LogP contribution in [0.1, 0.15) is 13.8 Å². The van der Waals surface area contributed by atoms with Gasteiger partial charge in [-0.25, -0.2) is 0 Å². The lowest BCUT2D eigenvalue weighted by Gasteiger charge is -2.35. The van der Waals surface area contributed by atoms with Crippen molar-refractivity contribution < 1.29 is 9.53 Å². The molecule has 0 aromatic heterocycles. The molecule has 20 heavy (non-hydrogen) atoms. The third-order valence-corrected chi connectivity index (χ3v) is 3.72. The van der Waals surface area contributed by atoms with Gasteiger partial charge in [-0.3, -0.25) is 4.79 Å². The summed E-state index contributed by atoms with van der Waals surface area (Å²) in [6.07, 6.45) is -0.565. The highest BCUT2D eigenvalue weighted by atomic mass is 35.5. The number of rotatable bonds is 3. The summed E-state index contributed by atoms with van der Waals surface area (Å²) in [7, 11) is 0. The van der Waals surface area contributed by atoms with E-state index in [1.807, 2.05) is 11.8 Å². The maximum absolute atomic E-state index is 12.4. The predicted octanol–water partition coefficient (Wildman–Crippen LogP) is 2.58. The lowest BCUT2D eigenvalue weighted by Crippen LogP contribution is -2.55. The molecule has 1 fully saturated rings. The average molecular weight is 317 g/mol. The minimum Gasteiger partial charge on any atom is -0.481 e. The smallest absolute Gasteiger partial charge is 0.263 e. The van der Waals surface area contributed by atoms with Crippen LogP contribution < -0.4 is 10.1 Å². The number of carbonyl (C=O) groups excluding carboxylic acids is 1. The number of carbonyl (C=O) groups is 1. The van der Waals surface area contributed by atoms with E-state index in [1.54, 1.807) is 25.1 Å². The number of amides is 1. The zero-order valence-electron chi connectivity index (χ0n) is 11.5. The van der Waals surface area contributed by atoms with Crippen LogP contribution in [0.2, 0.25) is 10.0 Å². The van der Waals surface area contributed by atoms with Gasteiger partial charge in [-0.05, 0) is 32.0 Å². The molecule has 1 aliphatic heterocycles. The molecule has 4 nitrogen and oxygen atoms in total. The molecular formula is C14H18Cl2N2O2. The summed E-state index contributed by atoms with van der Waals surface area (Å²) in [6, 6.07) is 5.10. The van der Waals surface area contributed by atoms with Gasteiger partial charge in [-0.1, -0.05) is 23.2 Å². The van der Waals surface area contributed by atoms with Gasteiger partial charge in [0.15, 0.2) is 6.10 Å². The fourth-order valence-corrected chi connectivity index (χ4v) is 2.76. The Morgan fingerprint density at radius 1 is 1.40 bits per heavy atom. The van der Waals surface area contributed by atoms with E-state index in [4.69, 9.17) is 27.9 Å². The molecule has 1 heterocycles. The minimum atomic E-state index is -0.565. The second-order valence-corrected chi connectivity index (χ2v) is 5.82. The zero-order valence-corrected chi connectivity index (χ0v) is 13.0. The summed E-state index contributed by atoms with van der Waals surface area (Å²) in [4.78, 5) is 14.2. The van der Waals surface area contributed by atoms with Crippen molar-refractivity contribution in [1.82, 2.24) is 10.2 Å². The predicted molar refractivity (Wildman–Crippen MR) is 80.6 cm³/mol. The summed E-state index contributed by atoms with van der Waals surface area (Å²) in [5.74, 6) is 0.487. The monoisotopic (exact) mass is 316 g/mol.